The molecule has 1 aromatic carbocycles. The van der Waals surface area contributed by atoms with E-state index in [0.29, 0.717) is 5.57 Å². The van der Waals surface area contributed by atoms with Crippen molar-refractivity contribution in [1.29, 1.82) is 0 Å². The molecule has 0 fully saturated rings. The Morgan fingerprint density at radius 2 is 2.04 bits per heavy atom. The highest BCUT2D eigenvalue weighted by molar-refractivity contribution is 8.16. The number of aliphatic imine (C=N–C) groups is 1. The summed E-state index contributed by atoms with van der Waals surface area (Å²) >= 11 is 0.960. The smallest absolute Gasteiger partial charge is 0.463 e. The van der Waals surface area contributed by atoms with E-state index in [0.717, 1.165) is 17.8 Å². The lowest BCUT2D eigenvalue weighted by molar-refractivity contribution is -0.274. The van der Waals surface area contributed by atoms with E-state index in [-0.39, 0.29) is 23.9 Å². The fourth-order valence-corrected chi connectivity index (χ4v) is 2.51. The van der Waals surface area contributed by atoms with Crippen molar-refractivity contribution < 1.29 is 32.2 Å². The molecule has 1 heterocycles. The molecule has 0 saturated heterocycles. The van der Waals surface area contributed by atoms with Gasteiger partial charge >= 0.3 is 12.3 Å². The Morgan fingerprint density at radius 1 is 1.32 bits per heavy atom. The van der Waals surface area contributed by atoms with Gasteiger partial charge in [0.25, 0.3) is 5.91 Å². The molecule has 2 rings (SSSR count). The number of hydrogen-bond donors (Lipinski definition) is 1. The van der Waals surface area contributed by atoms with Crippen LogP contribution in [-0.2, 0) is 9.53 Å². The average Bonchev–Trinajstić information content (AvgIpc) is 2.54. The van der Waals surface area contributed by atoms with Gasteiger partial charge in [-0.3, -0.25) is 9.79 Å². The largest absolute Gasteiger partial charge is 0.573 e. The van der Waals surface area contributed by atoms with Crippen LogP contribution in [-0.4, -0.2) is 36.6 Å². The predicted molar refractivity (Wildman–Crippen MR) is 85.2 cm³/mol. The number of nitrogens with zero attached hydrogens (tertiary/aromatic N) is 1. The summed E-state index contributed by atoms with van der Waals surface area (Å²) in [7, 11) is 0. The lowest BCUT2D eigenvalue weighted by Gasteiger charge is -2.15. The summed E-state index contributed by atoms with van der Waals surface area (Å²) in [5.41, 5.74) is 0.0361. The molecule has 1 aliphatic rings. The van der Waals surface area contributed by atoms with Crippen molar-refractivity contribution in [2.45, 2.75) is 13.3 Å². The van der Waals surface area contributed by atoms with Gasteiger partial charge in [0.2, 0.25) is 0 Å². The number of carbonyl (C=O) groups excluding carboxylic acids is 2. The van der Waals surface area contributed by atoms with Gasteiger partial charge in [-0.05, 0) is 24.5 Å². The number of thioether (sulfide) groups is 1. The third-order valence-corrected chi connectivity index (χ3v) is 3.68. The first-order valence-corrected chi connectivity index (χ1v) is 7.91. The quantitative estimate of drug-likeness (QED) is 0.820. The van der Waals surface area contributed by atoms with E-state index in [4.69, 9.17) is 4.74 Å². The van der Waals surface area contributed by atoms with Gasteiger partial charge in [-0.1, -0.05) is 23.9 Å². The molecular formula is C15H13F3N2O4S. The first-order chi connectivity index (χ1) is 11.8. The highest BCUT2D eigenvalue weighted by Crippen LogP contribution is 2.26. The second kappa shape index (κ2) is 8.06. The minimum absolute atomic E-state index is 0.00213. The summed E-state index contributed by atoms with van der Waals surface area (Å²) in [5, 5.41) is 4.01. The number of alkyl halides is 3. The maximum Gasteiger partial charge on any atom is 0.573 e. The standard InChI is InChI=1S/C15H13F3N2O4S/c1-2-23-13(22)9-7-19-14(25-8-9)20-12(21)10-5-3-4-6-11(10)24-15(16,17)18/h3-6,8H,2,7H2,1H3,(H,19,20,21). The Labute approximate surface area is 145 Å². The summed E-state index contributed by atoms with van der Waals surface area (Å²) in [5.74, 6) is -1.93. The number of carbonyl (C=O) groups is 2. The Kier molecular flexibility index (Phi) is 6.07. The third-order valence-electron chi connectivity index (χ3n) is 2.82. The van der Waals surface area contributed by atoms with Crippen LogP contribution in [0, 0.1) is 0 Å². The molecule has 1 aromatic rings. The molecule has 0 aliphatic carbocycles. The van der Waals surface area contributed by atoms with Crippen LogP contribution in [0.4, 0.5) is 13.2 Å². The number of halogens is 3. The van der Waals surface area contributed by atoms with E-state index < -0.39 is 24.0 Å². The number of nitrogens with one attached hydrogen (secondary N) is 1. The molecule has 0 radical (unpaired) electrons. The maximum absolute atomic E-state index is 12.4. The molecule has 0 unspecified atom stereocenters. The molecule has 1 amide bonds. The van der Waals surface area contributed by atoms with E-state index in [1.54, 1.807) is 6.92 Å². The van der Waals surface area contributed by atoms with Crippen LogP contribution in [0.3, 0.4) is 0 Å². The van der Waals surface area contributed by atoms with Crippen LogP contribution >= 0.6 is 11.8 Å². The first kappa shape index (κ1) is 18.8. The van der Waals surface area contributed by atoms with Crippen molar-refractivity contribution in [2.75, 3.05) is 13.2 Å². The first-order valence-electron chi connectivity index (χ1n) is 7.03. The van der Waals surface area contributed by atoms with E-state index in [1.807, 2.05) is 0 Å². The van der Waals surface area contributed by atoms with Crippen LogP contribution in [0.2, 0.25) is 0 Å². The molecule has 134 valence electrons. The summed E-state index contributed by atoms with van der Waals surface area (Å²) in [6.45, 7) is 1.90. The Bertz CT molecular complexity index is 732. The minimum atomic E-state index is -4.91. The molecule has 10 heteroatoms. The lowest BCUT2D eigenvalue weighted by Crippen LogP contribution is -2.31. The Hall–Kier alpha value is -2.49. The second-order valence-corrected chi connectivity index (χ2v) is 5.46. The van der Waals surface area contributed by atoms with Crippen molar-refractivity contribution >= 4 is 28.8 Å². The number of para-hydroxylation sites is 1. The average molecular weight is 374 g/mol. The zero-order valence-electron chi connectivity index (χ0n) is 12.9. The summed E-state index contributed by atoms with van der Waals surface area (Å²) in [6.07, 6.45) is -4.91. The Morgan fingerprint density at radius 3 is 2.64 bits per heavy atom. The molecule has 0 spiro atoms. The monoisotopic (exact) mass is 374 g/mol. The molecule has 0 atom stereocenters. The van der Waals surface area contributed by atoms with Crippen molar-refractivity contribution in [3.63, 3.8) is 0 Å². The fraction of sp³-hybridized carbons (Fsp3) is 0.267. The van der Waals surface area contributed by atoms with Gasteiger partial charge in [0.1, 0.15) is 5.75 Å². The number of rotatable bonds is 4. The topological polar surface area (TPSA) is 77.0 Å². The number of benzene rings is 1. The van der Waals surface area contributed by atoms with Gasteiger partial charge in [-0.15, -0.1) is 13.2 Å². The van der Waals surface area contributed by atoms with Crippen molar-refractivity contribution in [3.05, 3.63) is 40.8 Å². The Balaban J connectivity index is 2.04. The van der Waals surface area contributed by atoms with Gasteiger partial charge in [-0.2, -0.15) is 0 Å². The van der Waals surface area contributed by atoms with Crippen LogP contribution in [0.25, 0.3) is 0 Å². The van der Waals surface area contributed by atoms with Crippen molar-refractivity contribution in [3.8, 4) is 5.75 Å². The number of esters is 1. The van der Waals surface area contributed by atoms with Crippen LogP contribution in [0.15, 0.2) is 40.2 Å². The normalized spacial score (nSPS) is 14.2. The van der Waals surface area contributed by atoms with Gasteiger partial charge < -0.3 is 14.8 Å². The molecule has 0 bridgehead atoms. The van der Waals surface area contributed by atoms with Crippen LogP contribution < -0.4 is 10.1 Å². The molecule has 0 saturated carbocycles. The van der Waals surface area contributed by atoms with Gasteiger partial charge in [-0.25, -0.2) is 4.79 Å². The molecule has 1 N–H and O–H groups in total. The number of hydrogen-bond acceptors (Lipinski definition) is 6. The highest BCUT2D eigenvalue weighted by Gasteiger charge is 2.33. The van der Waals surface area contributed by atoms with E-state index in [9.17, 15) is 22.8 Å². The zero-order valence-corrected chi connectivity index (χ0v) is 13.7. The molecule has 1 aliphatic heterocycles. The molecule has 25 heavy (non-hydrogen) atoms. The third kappa shape index (κ3) is 5.52. The van der Waals surface area contributed by atoms with Gasteiger partial charge in [0.15, 0.2) is 5.17 Å². The lowest BCUT2D eigenvalue weighted by atomic mass is 10.2. The van der Waals surface area contributed by atoms with E-state index in [2.05, 4.69) is 15.0 Å². The molecule has 6 nitrogen and oxygen atoms in total. The summed E-state index contributed by atoms with van der Waals surface area (Å²) in [6, 6.07) is 4.97. The molecule has 0 aromatic heterocycles. The minimum Gasteiger partial charge on any atom is -0.463 e. The number of amidine groups is 1. The van der Waals surface area contributed by atoms with Gasteiger partial charge in [0.05, 0.1) is 24.3 Å². The second-order valence-electron chi connectivity index (χ2n) is 4.60. The van der Waals surface area contributed by atoms with Crippen LogP contribution in [0.1, 0.15) is 17.3 Å². The van der Waals surface area contributed by atoms with E-state index >= 15 is 0 Å². The van der Waals surface area contributed by atoms with Gasteiger partial charge in [0, 0.05) is 0 Å². The fourth-order valence-electron chi connectivity index (χ4n) is 1.80. The predicted octanol–water partition coefficient (Wildman–Crippen LogP) is 2.86. The van der Waals surface area contributed by atoms with Crippen molar-refractivity contribution in [2.24, 2.45) is 4.99 Å². The van der Waals surface area contributed by atoms with E-state index in [1.165, 1.54) is 23.6 Å². The summed E-state index contributed by atoms with van der Waals surface area (Å²) < 4.78 is 45.8. The molecular weight excluding hydrogens is 361 g/mol. The van der Waals surface area contributed by atoms with Crippen LogP contribution in [0.5, 0.6) is 5.75 Å². The number of ether oxygens (including phenoxy) is 2. The zero-order chi connectivity index (χ0) is 18.4. The SMILES string of the molecule is CCOC(=O)C1=CSC(NC(=O)c2ccccc2OC(F)(F)F)=NC1. The van der Waals surface area contributed by atoms with Crippen molar-refractivity contribution in [1.82, 2.24) is 5.32 Å². The number of amides is 1. The summed E-state index contributed by atoms with van der Waals surface area (Å²) in [4.78, 5) is 27.7. The maximum atomic E-state index is 12.4. The highest BCUT2D eigenvalue weighted by atomic mass is 32.2.